The SMILES string of the molecule is Cc1ccc(C)c(NC(CC(F)(F)F)c2ccccc2)c1. The fraction of sp³-hybridized carbons (Fsp3) is 0.294. The van der Waals surface area contributed by atoms with Crippen molar-refractivity contribution >= 4 is 5.69 Å². The summed E-state index contributed by atoms with van der Waals surface area (Å²) in [5, 5.41) is 3.04. The molecule has 0 aliphatic carbocycles. The molecule has 1 atom stereocenters. The molecule has 1 N–H and O–H groups in total. The minimum Gasteiger partial charge on any atom is -0.378 e. The van der Waals surface area contributed by atoms with Crippen LogP contribution in [0.15, 0.2) is 48.5 Å². The molecule has 1 unspecified atom stereocenters. The average Bonchev–Trinajstić information content (AvgIpc) is 2.42. The second-order valence-electron chi connectivity index (χ2n) is 5.25. The molecule has 1 nitrogen and oxygen atoms in total. The maximum absolute atomic E-state index is 12.8. The number of hydrogen-bond acceptors (Lipinski definition) is 1. The van der Waals surface area contributed by atoms with E-state index in [0.29, 0.717) is 5.56 Å². The van der Waals surface area contributed by atoms with Gasteiger partial charge in [0, 0.05) is 5.69 Å². The third kappa shape index (κ3) is 4.52. The van der Waals surface area contributed by atoms with Gasteiger partial charge in [0.1, 0.15) is 0 Å². The molecular weight excluding hydrogens is 275 g/mol. The van der Waals surface area contributed by atoms with Crippen LogP contribution in [0.1, 0.15) is 29.2 Å². The van der Waals surface area contributed by atoms with Crippen LogP contribution in [0, 0.1) is 13.8 Å². The fourth-order valence-electron chi connectivity index (χ4n) is 2.25. The Morgan fingerprint density at radius 1 is 1.00 bits per heavy atom. The van der Waals surface area contributed by atoms with Gasteiger partial charge in [-0.2, -0.15) is 13.2 Å². The van der Waals surface area contributed by atoms with E-state index in [1.807, 2.05) is 32.0 Å². The quantitative estimate of drug-likeness (QED) is 0.794. The molecule has 0 aliphatic rings. The molecule has 2 aromatic carbocycles. The highest BCUT2D eigenvalue weighted by Crippen LogP contribution is 2.33. The Morgan fingerprint density at radius 3 is 2.29 bits per heavy atom. The highest BCUT2D eigenvalue weighted by atomic mass is 19.4. The molecule has 0 radical (unpaired) electrons. The van der Waals surface area contributed by atoms with Gasteiger partial charge in [-0.1, -0.05) is 42.5 Å². The van der Waals surface area contributed by atoms with Crippen molar-refractivity contribution < 1.29 is 13.2 Å². The van der Waals surface area contributed by atoms with Crippen LogP contribution in [0.2, 0.25) is 0 Å². The second-order valence-corrected chi connectivity index (χ2v) is 5.25. The molecule has 112 valence electrons. The summed E-state index contributed by atoms with van der Waals surface area (Å²) in [6.45, 7) is 3.81. The number of benzene rings is 2. The zero-order chi connectivity index (χ0) is 15.5. The summed E-state index contributed by atoms with van der Waals surface area (Å²) < 4.78 is 38.5. The van der Waals surface area contributed by atoms with Gasteiger partial charge in [-0.3, -0.25) is 0 Å². The standard InChI is InChI=1S/C17H18F3N/c1-12-8-9-13(2)15(10-12)21-16(11-17(18,19)20)14-6-4-3-5-7-14/h3-10,16,21H,11H2,1-2H3. The van der Waals surface area contributed by atoms with Gasteiger partial charge in [0.25, 0.3) is 0 Å². The normalized spacial score (nSPS) is 13.0. The molecule has 0 amide bonds. The molecule has 2 rings (SSSR count). The summed E-state index contributed by atoms with van der Waals surface area (Å²) >= 11 is 0. The van der Waals surface area contributed by atoms with E-state index in [1.54, 1.807) is 30.3 Å². The Kier molecular flexibility index (Phi) is 4.56. The summed E-state index contributed by atoms with van der Waals surface area (Å²) in [7, 11) is 0. The Hall–Kier alpha value is -1.97. The summed E-state index contributed by atoms with van der Waals surface area (Å²) in [6.07, 6.45) is -5.12. The summed E-state index contributed by atoms with van der Waals surface area (Å²) in [5.41, 5.74) is 3.33. The third-order valence-corrected chi connectivity index (χ3v) is 3.36. The van der Waals surface area contributed by atoms with Gasteiger partial charge in [-0.15, -0.1) is 0 Å². The van der Waals surface area contributed by atoms with E-state index in [2.05, 4.69) is 5.32 Å². The molecule has 0 fully saturated rings. The molecule has 2 aromatic rings. The van der Waals surface area contributed by atoms with Crippen LogP contribution in [0.3, 0.4) is 0 Å². The van der Waals surface area contributed by atoms with E-state index < -0.39 is 18.6 Å². The number of aryl methyl sites for hydroxylation is 2. The lowest BCUT2D eigenvalue weighted by Crippen LogP contribution is -2.20. The number of hydrogen-bond donors (Lipinski definition) is 1. The molecule has 0 aliphatic heterocycles. The van der Waals surface area contributed by atoms with Crippen molar-refractivity contribution in [2.45, 2.75) is 32.5 Å². The highest BCUT2D eigenvalue weighted by Gasteiger charge is 2.32. The molecule has 4 heteroatoms. The van der Waals surface area contributed by atoms with E-state index in [4.69, 9.17) is 0 Å². The summed E-state index contributed by atoms with van der Waals surface area (Å²) in [5.74, 6) is 0. The van der Waals surface area contributed by atoms with Crippen LogP contribution in [0.5, 0.6) is 0 Å². The van der Waals surface area contributed by atoms with Crippen LogP contribution < -0.4 is 5.32 Å². The molecule has 0 aromatic heterocycles. The molecule has 0 heterocycles. The van der Waals surface area contributed by atoms with E-state index in [9.17, 15) is 13.2 Å². The van der Waals surface area contributed by atoms with Gasteiger partial charge in [0.15, 0.2) is 0 Å². The van der Waals surface area contributed by atoms with Crippen molar-refractivity contribution in [3.05, 3.63) is 65.2 Å². The summed E-state index contributed by atoms with van der Waals surface area (Å²) in [4.78, 5) is 0. The van der Waals surface area contributed by atoms with Crippen LogP contribution in [0.25, 0.3) is 0 Å². The van der Waals surface area contributed by atoms with Gasteiger partial charge in [-0.25, -0.2) is 0 Å². The highest BCUT2D eigenvalue weighted by molar-refractivity contribution is 5.54. The number of alkyl halides is 3. The lowest BCUT2D eigenvalue weighted by Gasteiger charge is -2.23. The minimum absolute atomic E-state index is 0.635. The van der Waals surface area contributed by atoms with Gasteiger partial charge in [0.2, 0.25) is 0 Å². The Morgan fingerprint density at radius 2 is 1.67 bits per heavy atom. The Balaban J connectivity index is 2.30. The van der Waals surface area contributed by atoms with E-state index in [0.717, 1.165) is 16.8 Å². The third-order valence-electron chi connectivity index (χ3n) is 3.36. The first-order valence-corrected chi connectivity index (χ1v) is 6.80. The monoisotopic (exact) mass is 293 g/mol. The van der Waals surface area contributed by atoms with Crippen molar-refractivity contribution in [2.24, 2.45) is 0 Å². The summed E-state index contributed by atoms with van der Waals surface area (Å²) in [6, 6.07) is 13.7. The van der Waals surface area contributed by atoms with Crippen LogP contribution in [-0.4, -0.2) is 6.18 Å². The first-order valence-electron chi connectivity index (χ1n) is 6.80. The van der Waals surface area contributed by atoms with Crippen molar-refractivity contribution in [2.75, 3.05) is 5.32 Å². The zero-order valence-electron chi connectivity index (χ0n) is 12.0. The molecule has 0 spiro atoms. The van der Waals surface area contributed by atoms with Gasteiger partial charge >= 0.3 is 6.18 Å². The molecule has 0 saturated carbocycles. The van der Waals surface area contributed by atoms with Crippen LogP contribution in [-0.2, 0) is 0 Å². The van der Waals surface area contributed by atoms with E-state index >= 15 is 0 Å². The number of rotatable bonds is 4. The first-order chi connectivity index (χ1) is 9.85. The number of halogens is 3. The second kappa shape index (κ2) is 6.20. The maximum atomic E-state index is 12.8. The van der Waals surface area contributed by atoms with Crippen molar-refractivity contribution in [3.63, 3.8) is 0 Å². The van der Waals surface area contributed by atoms with Gasteiger partial charge in [-0.05, 0) is 36.6 Å². The van der Waals surface area contributed by atoms with Crippen LogP contribution >= 0.6 is 0 Å². The smallest absolute Gasteiger partial charge is 0.378 e. The number of anilines is 1. The minimum atomic E-state index is -4.22. The predicted molar refractivity (Wildman–Crippen MR) is 79.4 cm³/mol. The Bertz CT molecular complexity index is 591. The molecule has 0 saturated heterocycles. The molecular formula is C17H18F3N. The molecule has 0 bridgehead atoms. The van der Waals surface area contributed by atoms with E-state index in [-0.39, 0.29) is 0 Å². The van der Waals surface area contributed by atoms with Crippen molar-refractivity contribution in [1.29, 1.82) is 0 Å². The topological polar surface area (TPSA) is 12.0 Å². The lowest BCUT2D eigenvalue weighted by molar-refractivity contribution is -0.137. The van der Waals surface area contributed by atoms with Gasteiger partial charge in [0.05, 0.1) is 12.5 Å². The van der Waals surface area contributed by atoms with Crippen LogP contribution in [0.4, 0.5) is 18.9 Å². The van der Waals surface area contributed by atoms with Crippen molar-refractivity contribution in [1.82, 2.24) is 0 Å². The van der Waals surface area contributed by atoms with Crippen molar-refractivity contribution in [3.8, 4) is 0 Å². The largest absolute Gasteiger partial charge is 0.391 e. The zero-order valence-corrected chi connectivity index (χ0v) is 12.0. The number of nitrogens with one attached hydrogen (secondary N) is 1. The maximum Gasteiger partial charge on any atom is 0.391 e. The first kappa shape index (κ1) is 15.4. The molecule has 21 heavy (non-hydrogen) atoms. The Labute approximate surface area is 122 Å². The fourth-order valence-corrected chi connectivity index (χ4v) is 2.25. The van der Waals surface area contributed by atoms with Gasteiger partial charge < -0.3 is 5.32 Å². The predicted octanol–water partition coefficient (Wildman–Crippen LogP) is 5.41. The average molecular weight is 293 g/mol. The lowest BCUT2D eigenvalue weighted by atomic mass is 10.0. The van der Waals surface area contributed by atoms with E-state index in [1.165, 1.54) is 0 Å².